The minimum absolute atomic E-state index is 0.463. The molecule has 0 saturated carbocycles. The molecular formula is C22H35BrClN3O. The normalized spacial score (nSPS) is 12.2. The molecule has 2 aromatic heterocycles. The van der Waals surface area contributed by atoms with E-state index in [-0.39, 0.29) is 0 Å². The van der Waals surface area contributed by atoms with Crippen LogP contribution in [-0.4, -0.2) is 21.1 Å². The van der Waals surface area contributed by atoms with Crippen molar-refractivity contribution in [3.8, 4) is 0 Å². The molecule has 0 unspecified atom stereocenters. The van der Waals surface area contributed by atoms with E-state index in [1.807, 2.05) is 10.8 Å². The summed E-state index contributed by atoms with van der Waals surface area (Å²) in [6.45, 7) is 8.27. The lowest BCUT2D eigenvalue weighted by Crippen LogP contribution is -2.03. The summed E-state index contributed by atoms with van der Waals surface area (Å²) in [5, 5.41) is 1.30. The summed E-state index contributed by atoms with van der Waals surface area (Å²) in [5.41, 5.74) is 1.29. The van der Waals surface area contributed by atoms with Crippen molar-refractivity contribution in [3.63, 3.8) is 0 Å². The topological polar surface area (TPSA) is 39.9 Å². The third-order valence-corrected chi connectivity index (χ3v) is 5.89. The van der Waals surface area contributed by atoms with Gasteiger partial charge in [-0.3, -0.25) is 0 Å². The smallest absolute Gasteiger partial charge is 0.147 e. The van der Waals surface area contributed by atoms with Crippen LogP contribution in [0.4, 0.5) is 0 Å². The van der Waals surface area contributed by atoms with Gasteiger partial charge in [-0.15, -0.1) is 0 Å². The van der Waals surface area contributed by atoms with Gasteiger partial charge >= 0.3 is 0 Å². The van der Waals surface area contributed by atoms with Crippen LogP contribution in [-0.2, 0) is 11.5 Å². The molecule has 0 spiro atoms. The van der Waals surface area contributed by atoms with Crippen molar-refractivity contribution in [1.29, 1.82) is 0 Å². The highest BCUT2D eigenvalue weighted by Gasteiger charge is 2.12. The quantitative estimate of drug-likeness (QED) is 0.221. The molecule has 28 heavy (non-hydrogen) atoms. The highest BCUT2D eigenvalue weighted by Crippen LogP contribution is 2.29. The van der Waals surface area contributed by atoms with Gasteiger partial charge in [0.25, 0.3) is 0 Å². The van der Waals surface area contributed by atoms with Gasteiger partial charge in [0.1, 0.15) is 23.9 Å². The lowest BCUT2D eigenvalue weighted by Gasteiger charge is -2.17. The zero-order valence-corrected chi connectivity index (χ0v) is 20.0. The van der Waals surface area contributed by atoms with Gasteiger partial charge in [0.2, 0.25) is 0 Å². The first kappa shape index (κ1) is 23.6. The van der Waals surface area contributed by atoms with Crippen molar-refractivity contribution in [2.45, 2.75) is 91.7 Å². The van der Waals surface area contributed by atoms with Gasteiger partial charge in [-0.2, -0.15) is 0 Å². The molecule has 0 aliphatic rings. The molecule has 0 aliphatic carbocycles. The van der Waals surface area contributed by atoms with E-state index in [0.717, 1.165) is 28.5 Å². The van der Waals surface area contributed by atoms with Crippen LogP contribution in [0.25, 0.3) is 11.0 Å². The fourth-order valence-electron chi connectivity index (χ4n) is 3.40. The van der Waals surface area contributed by atoms with Gasteiger partial charge in [0.15, 0.2) is 0 Å². The van der Waals surface area contributed by atoms with E-state index in [4.69, 9.17) is 16.3 Å². The highest BCUT2D eigenvalue weighted by atomic mass is 79.9. The number of fused-ring (bicyclic) bond motifs is 1. The molecule has 0 N–H and O–H groups in total. The van der Waals surface area contributed by atoms with Gasteiger partial charge in [-0.1, -0.05) is 83.7 Å². The van der Waals surface area contributed by atoms with Crippen molar-refractivity contribution in [1.82, 2.24) is 14.5 Å². The molecule has 2 aromatic rings. The third kappa shape index (κ3) is 8.38. The maximum absolute atomic E-state index is 6.14. The maximum Gasteiger partial charge on any atom is 0.147 e. The largest absolute Gasteiger partial charge is 0.361 e. The van der Waals surface area contributed by atoms with Crippen LogP contribution in [0.15, 0.2) is 17.0 Å². The molecule has 0 radical (unpaired) electrons. The number of unbranched alkanes of at least 4 members (excludes halogenated alkanes) is 8. The Hall–Kier alpha value is -0.650. The summed E-state index contributed by atoms with van der Waals surface area (Å²) in [4.78, 5) is 8.33. The molecule has 2 heterocycles. The van der Waals surface area contributed by atoms with Crippen molar-refractivity contribution >= 4 is 38.6 Å². The fraction of sp³-hybridized carbons (Fsp3) is 0.727. The van der Waals surface area contributed by atoms with Gasteiger partial charge in [-0.05, 0) is 34.2 Å². The minimum Gasteiger partial charge on any atom is -0.361 e. The van der Waals surface area contributed by atoms with Crippen LogP contribution < -0.4 is 0 Å². The van der Waals surface area contributed by atoms with Crippen LogP contribution >= 0.6 is 27.5 Å². The van der Waals surface area contributed by atoms with E-state index in [9.17, 15) is 0 Å². The van der Waals surface area contributed by atoms with Crippen LogP contribution in [0.5, 0.6) is 0 Å². The number of nitrogens with zero attached hydrogens (tertiary/aromatic N) is 3. The predicted molar refractivity (Wildman–Crippen MR) is 122 cm³/mol. The molecule has 4 nitrogen and oxygen atoms in total. The monoisotopic (exact) mass is 471 g/mol. The van der Waals surface area contributed by atoms with Crippen molar-refractivity contribution < 1.29 is 4.74 Å². The zero-order chi connectivity index (χ0) is 20.4. The molecule has 0 saturated heterocycles. The van der Waals surface area contributed by atoms with Crippen molar-refractivity contribution in [2.75, 3.05) is 6.61 Å². The summed E-state index contributed by atoms with van der Waals surface area (Å²) >= 11 is 9.65. The molecule has 0 bridgehead atoms. The Morgan fingerprint density at radius 3 is 2.21 bits per heavy atom. The number of ether oxygens (including phenoxy) is 1. The molecule has 158 valence electrons. The Morgan fingerprint density at radius 2 is 1.57 bits per heavy atom. The second kappa shape index (κ2) is 12.1. The van der Waals surface area contributed by atoms with Gasteiger partial charge in [0.05, 0.1) is 5.39 Å². The third-order valence-electron chi connectivity index (χ3n) is 5.01. The lowest BCUT2D eigenvalue weighted by molar-refractivity contribution is 0.0762. The summed E-state index contributed by atoms with van der Waals surface area (Å²) in [6.07, 6.45) is 16.7. The van der Waals surface area contributed by atoms with Gasteiger partial charge in [-0.25, -0.2) is 9.97 Å². The Balaban J connectivity index is 1.47. The summed E-state index contributed by atoms with van der Waals surface area (Å²) in [5.74, 6) is 0. The molecule has 6 heteroatoms. The first-order chi connectivity index (χ1) is 13.4. The van der Waals surface area contributed by atoms with Gasteiger partial charge in [0, 0.05) is 17.3 Å². The average molecular weight is 473 g/mol. The van der Waals surface area contributed by atoms with Gasteiger partial charge < -0.3 is 9.30 Å². The Kier molecular flexibility index (Phi) is 10.2. The van der Waals surface area contributed by atoms with E-state index in [0.29, 0.717) is 17.3 Å². The molecule has 0 atom stereocenters. The van der Waals surface area contributed by atoms with E-state index < -0.39 is 0 Å². The lowest BCUT2D eigenvalue weighted by atomic mass is 9.89. The van der Waals surface area contributed by atoms with E-state index in [1.54, 1.807) is 0 Å². The molecule has 0 amide bonds. The van der Waals surface area contributed by atoms with E-state index in [2.05, 4.69) is 46.7 Å². The number of hydrogen-bond acceptors (Lipinski definition) is 3. The number of halogens is 2. The summed E-state index contributed by atoms with van der Waals surface area (Å²) in [6, 6.07) is 0. The first-order valence-electron chi connectivity index (χ1n) is 10.6. The van der Waals surface area contributed by atoms with Crippen molar-refractivity contribution in [2.24, 2.45) is 5.41 Å². The Morgan fingerprint density at radius 1 is 0.964 bits per heavy atom. The SMILES string of the molecule is CC(C)(C)CCCCCCCCCCCOCn1cc(Br)c2c(Cl)ncnc21. The summed E-state index contributed by atoms with van der Waals surface area (Å²) in [7, 11) is 0. The first-order valence-corrected chi connectivity index (χ1v) is 11.8. The predicted octanol–water partition coefficient (Wildman–Crippen LogP) is 7.77. The second-order valence-corrected chi connectivity index (χ2v) is 10.1. The van der Waals surface area contributed by atoms with Crippen molar-refractivity contribution in [3.05, 3.63) is 22.1 Å². The standard InChI is InChI=1S/C22H35BrClN3O/c1-22(2,3)13-11-9-7-5-4-6-8-10-12-14-28-17-27-15-18(23)19-20(24)25-16-26-21(19)27/h15-16H,4-14,17H2,1-3H3. The van der Waals surface area contributed by atoms with Crippen LogP contribution in [0.1, 0.15) is 85.0 Å². The number of hydrogen-bond donors (Lipinski definition) is 0. The molecule has 2 rings (SSSR count). The van der Waals surface area contributed by atoms with E-state index in [1.165, 1.54) is 64.1 Å². The fourth-order valence-corrected chi connectivity index (χ4v) is 4.36. The molecule has 0 aliphatic heterocycles. The van der Waals surface area contributed by atoms with E-state index >= 15 is 0 Å². The summed E-state index contributed by atoms with van der Waals surface area (Å²) < 4.78 is 8.68. The molecule has 0 fully saturated rings. The highest BCUT2D eigenvalue weighted by molar-refractivity contribution is 9.10. The van der Waals surface area contributed by atoms with Crippen LogP contribution in [0.3, 0.4) is 0 Å². The zero-order valence-electron chi connectivity index (χ0n) is 17.6. The minimum atomic E-state index is 0.463. The number of aromatic nitrogens is 3. The average Bonchev–Trinajstić information content (AvgIpc) is 2.95. The van der Waals surface area contributed by atoms with Crippen LogP contribution in [0, 0.1) is 5.41 Å². The molecular weight excluding hydrogens is 438 g/mol. The second-order valence-electron chi connectivity index (χ2n) is 8.84. The number of rotatable bonds is 13. The maximum atomic E-state index is 6.14. The van der Waals surface area contributed by atoms with Crippen LogP contribution in [0.2, 0.25) is 5.15 Å². The molecule has 0 aromatic carbocycles. The Bertz CT molecular complexity index is 712. The Labute approximate surface area is 183 Å².